The Bertz CT molecular complexity index is 559. The molecule has 0 saturated carbocycles. The van der Waals surface area contributed by atoms with Gasteiger partial charge in [0.05, 0.1) is 10.7 Å². The summed E-state index contributed by atoms with van der Waals surface area (Å²) in [5.41, 5.74) is 6.98. The van der Waals surface area contributed by atoms with Gasteiger partial charge in [0, 0.05) is 5.39 Å². The molecule has 0 saturated heterocycles. The van der Waals surface area contributed by atoms with Crippen LogP contribution in [0.15, 0.2) is 16.5 Å². The first kappa shape index (κ1) is 9.86. The van der Waals surface area contributed by atoms with Gasteiger partial charge in [-0.05, 0) is 24.6 Å². The van der Waals surface area contributed by atoms with Crippen molar-refractivity contribution in [3.05, 3.63) is 28.5 Å². The van der Waals surface area contributed by atoms with Gasteiger partial charge in [0.2, 0.25) is 5.76 Å². The number of anilines is 1. The predicted octanol–water partition coefficient (Wildman–Crippen LogP) is 2.68. The second-order valence-electron chi connectivity index (χ2n) is 3.27. The third-order valence-corrected chi connectivity index (χ3v) is 2.40. The van der Waals surface area contributed by atoms with E-state index in [-0.39, 0.29) is 11.4 Å². The van der Waals surface area contributed by atoms with Crippen LogP contribution in [0.5, 0.6) is 0 Å². The van der Waals surface area contributed by atoms with E-state index in [9.17, 15) is 4.79 Å². The molecule has 0 aliphatic heterocycles. The molecule has 78 valence electrons. The number of halogens is 1. The highest BCUT2D eigenvalue weighted by Crippen LogP contribution is 2.34. The summed E-state index contributed by atoms with van der Waals surface area (Å²) < 4.78 is 5.09. The number of aromatic carboxylic acids is 1. The molecule has 15 heavy (non-hydrogen) atoms. The molecule has 5 heteroatoms. The number of carboxylic acid groups (broad SMARTS) is 1. The molecule has 0 aliphatic carbocycles. The number of aryl methyl sites for hydroxylation is 1. The molecular formula is C10H8ClNO3. The molecule has 1 heterocycles. The van der Waals surface area contributed by atoms with Crippen LogP contribution < -0.4 is 5.73 Å². The van der Waals surface area contributed by atoms with E-state index in [1.54, 1.807) is 12.1 Å². The fourth-order valence-electron chi connectivity index (χ4n) is 1.47. The van der Waals surface area contributed by atoms with Crippen LogP contribution in [0.1, 0.15) is 16.1 Å². The van der Waals surface area contributed by atoms with Crippen molar-refractivity contribution in [2.24, 2.45) is 0 Å². The fraction of sp³-hybridized carbons (Fsp3) is 0.100. The van der Waals surface area contributed by atoms with Gasteiger partial charge in [-0.2, -0.15) is 0 Å². The Balaban J connectivity index is 2.88. The standard InChI is InChI=1S/C10H8ClNO3/c1-4-2-5-7(12)9(10(13)14)15-8(5)6(11)3-4/h2-3H,12H2,1H3,(H,13,14). The number of carbonyl (C=O) groups is 1. The largest absolute Gasteiger partial charge is 0.475 e. The Labute approximate surface area is 90.2 Å². The van der Waals surface area contributed by atoms with Crippen molar-refractivity contribution in [3.8, 4) is 0 Å². The predicted molar refractivity (Wildman–Crippen MR) is 57.3 cm³/mol. The van der Waals surface area contributed by atoms with E-state index in [2.05, 4.69) is 0 Å². The van der Waals surface area contributed by atoms with Gasteiger partial charge in [-0.3, -0.25) is 0 Å². The van der Waals surface area contributed by atoms with Crippen molar-refractivity contribution in [3.63, 3.8) is 0 Å². The number of furan rings is 1. The van der Waals surface area contributed by atoms with Crippen molar-refractivity contribution in [1.82, 2.24) is 0 Å². The molecule has 0 unspecified atom stereocenters. The summed E-state index contributed by atoms with van der Waals surface area (Å²) in [4.78, 5) is 10.8. The molecule has 0 spiro atoms. The maximum absolute atomic E-state index is 10.8. The lowest BCUT2D eigenvalue weighted by atomic mass is 10.1. The smallest absolute Gasteiger partial charge is 0.374 e. The number of benzene rings is 1. The van der Waals surface area contributed by atoms with Crippen LogP contribution in [0.4, 0.5) is 5.69 Å². The van der Waals surface area contributed by atoms with E-state index >= 15 is 0 Å². The zero-order chi connectivity index (χ0) is 11.2. The summed E-state index contributed by atoms with van der Waals surface area (Å²) in [5.74, 6) is -1.46. The number of hydrogen-bond acceptors (Lipinski definition) is 3. The SMILES string of the molecule is Cc1cc(Cl)c2oc(C(=O)O)c(N)c2c1. The summed E-state index contributed by atoms with van der Waals surface area (Å²) in [6.45, 7) is 1.85. The molecule has 0 amide bonds. The first-order chi connectivity index (χ1) is 7.00. The Morgan fingerprint density at radius 3 is 2.80 bits per heavy atom. The topological polar surface area (TPSA) is 76.5 Å². The van der Waals surface area contributed by atoms with Crippen LogP contribution in [0.2, 0.25) is 5.02 Å². The minimum absolute atomic E-state index is 0.114. The summed E-state index contributed by atoms with van der Waals surface area (Å²) >= 11 is 5.91. The summed E-state index contributed by atoms with van der Waals surface area (Å²) in [6.07, 6.45) is 0. The molecule has 0 radical (unpaired) electrons. The molecule has 3 N–H and O–H groups in total. The fourth-order valence-corrected chi connectivity index (χ4v) is 1.78. The third kappa shape index (κ3) is 1.43. The average Bonchev–Trinajstić information content (AvgIpc) is 2.44. The number of nitrogen functional groups attached to an aromatic ring is 1. The Kier molecular flexibility index (Phi) is 2.08. The van der Waals surface area contributed by atoms with E-state index in [4.69, 9.17) is 26.9 Å². The van der Waals surface area contributed by atoms with Gasteiger partial charge >= 0.3 is 5.97 Å². The van der Waals surface area contributed by atoms with Gasteiger partial charge in [-0.25, -0.2) is 4.79 Å². The average molecular weight is 226 g/mol. The number of rotatable bonds is 1. The van der Waals surface area contributed by atoms with Crippen LogP contribution >= 0.6 is 11.6 Å². The molecule has 1 aromatic heterocycles. The summed E-state index contributed by atoms with van der Waals surface area (Å²) in [7, 11) is 0. The third-order valence-electron chi connectivity index (χ3n) is 2.12. The van der Waals surface area contributed by atoms with Gasteiger partial charge in [0.15, 0.2) is 5.58 Å². The Hall–Kier alpha value is -1.68. The maximum atomic E-state index is 10.8. The Morgan fingerprint density at radius 1 is 1.53 bits per heavy atom. The zero-order valence-electron chi connectivity index (χ0n) is 7.87. The Morgan fingerprint density at radius 2 is 2.20 bits per heavy atom. The van der Waals surface area contributed by atoms with E-state index in [0.29, 0.717) is 16.0 Å². The number of carboxylic acids is 1. The first-order valence-electron chi connectivity index (χ1n) is 4.22. The van der Waals surface area contributed by atoms with E-state index in [0.717, 1.165) is 5.56 Å². The lowest BCUT2D eigenvalue weighted by Gasteiger charge is -1.95. The van der Waals surface area contributed by atoms with E-state index < -0.39 is 5.97 Å². The van der Waals surface area contributed by atoms with Gasteiger partial charge in [-0.1, -0.05) is 11.6 Å². The minimum Gasteiger partial charge on any atom is -0.475 e. The number of fused-ring (bicyclic) bond motifs is 1. The molecular weight excluding hydrogens is 218 g/mol. The van der Waals surface area contributed by atoms with E-state index in [1.165, 1.54) is 0 Å². The second kappa shape index (κ2) is 3.17. The highest BCUT2D eigenvalue weighted by molar-refractivity contribution is 6.35. The highest BCUT2D eigenvalue weighted by Gasteiger charge is 2.19. The van der Waals surface area contributed by atoms with Crippen molar-refractivity contribution >= 4 is 34.2 Å². The molecule has 0 bridgehead atoms. The normalized spacial score (nSPS) is 10.8. The van der Waals surface area contributed by atoms with Gasteiger partial charge in [0.25, 0.3) is 0 Å². The second-order valence-corrected chi connectivity index (χ2v) is 3.68. The lowest BCUT2D eigenvalue weighted by molar-refractivity contribution is 0.0666. The molecule has 1 aromatic carbocycles. The van der Waals surface area contributed by atoms with Crippen molar-refractivity contribution in [2.75, 3.05) is 5.73 Å². The molecule has 0 aliphatic rings. The zero-order valence-corrected chi connectivity index (χ0v) is 8.63. The van der Waals surface area contributed by atoms with Crippen molar-refractivity contribution < 1.29 is 14.3 Å². The van der Waals surface area contributed by atoms with Crippen molar-refractivity contribution in [1.29, 1.82) is 0 Å². The molecule has 0 fully saturated rings. The quantitative estimate of drug-likeness (QED) is 0.782. The van der Waals surface area contributed by atoms with Crippen molar-refractivity contribution in [2.45, 2.75) is 6.92 Å². The highest BCUT2D eigenvalue weighted by atomic mass is 35.5. The van der Waals surface area contributed by atoms with Crippen LogP contribution in [0.25, 0.3) is 11.0 Å². The monoisotopic (exact) mass is 225 g/mol. The summed E-state index contributed by atoms with van der Waals surface area (Å²) in [5, 5.41) is 9.71. The van der Waals surface area contributed by atoms with E-state index in [1.807, 2.05) is 6.92 Å². The molecule has 2 rings (SSSR count). The lowest BCUT2D eigenvalue weighted by Crippen LogP contribution is -1.98. The van der Waals surface area contributed by atoms with Crippen LogP contribution in [0.3, 0.4) is 0 Å². The van der Waals surface area contributed by atoms with Gasteiger partial charge < -0.3 is 15.3 Å². The van der Waals surface area contributed by atoms with Crippen LogP contribution in [-0.4, -0.2) is 11.1 Å². The van der Waals surface area contributed by atoms with Gasteiger partial charge in [0.1, 0.15) is 0 Å². The number of nitrogens with two attached hydrogens (primary N) is 1. The maximum Gasteiger partial charge on any atom is 0.374 e. The number of hydrogen-bond donors (Lipinski definition) is 2. The van der Waals surface area contributed by atoms with Crippen LogP contribution in [0, 0.1) is 6.92 Å². The van der Waals surface area contributed by atoms with Crippen LogP contribution in [-0.2, 0) is 0 Å². The molecule has 0 atom stereocenters. The molecule has 4 nitrogen and oxygen atoms in total. The first-order valence-corrected chi connectivity index (χ1v) is 4.60. The summed E-state index contributed by atoms with van der Waals surface area (Å²) in [6, 6.07) is 3.44. The minimum atomic E-state index is -1.20. The van der Waals surface area contributed by atoms with Gasteiger partial charge in [-0.15, -0.1) is 0 Å². The molecule has 2 aromatic rings.